The Kier molecular flexibility index (Phi) is 3.61. The molecule has 0 aliphatic heterocycles. The molecular weight excluding hydrogens is 308 g/mol. The summed E-state index contributed by atoms with van der Waals surface area (Å²) in [5.74, 6) is 0.603. The van der Waals surface area contributed by atoms with Crippen molar-refractivity contribution in [2.24, 2.45) is 7.05 Å². The highest BCUT2D eigenvalue weighted by Crippen LogP contribution is 2.34. The van der Waals surface area contributed by atoms with E-state index in [0.29, 0.717) is 12.5 Å². The zero-order valence-electron chi connectivity index (χ0n) is 13.0. The van der Waals surface area contributed by atoms with Gasteiger partial charge in [-0.05, 0) is 43.4 Å². The minimum Gasteiger partial charge on any atom is -0.350 e. The van der Waals surface area contributed by atoms with Gasteiger partial charge in [-0.1, -0.05) is 6.07 Å². The van der Waals surface area contributed by atoms with E-state index < -0.39 is 0 Å². The van der Waals surface area contributed by atoms with Crippen molar-refractivity contribution < 1.29 is 0 Å². The van der Waals surface area contributed by atoms with Crippen LogP contribution in [-0.4, -0.2) is 14.5 Å². The standard InChI is InChI=1S/C17H18N4OS/c1-21-16(22)14-12-7-2-3-8-13(12)23-15(14)20-17(21)19-10-11-6-4-5-9-18-11/h4-6,9H,2-3,7-8,10H2,1H3,(H,19,20). The number of rotatable bonds is 3. The van der Waals surface area contributed by atoms with Gasteiger partial charge in [0, 0.05) is 18.1 Å². The monoisotopic (exact) mass is 326 g/mol. The van der Waals surface area contributed by atoms with Crippen molar-refractivity contribution in [2.75, 3.05) is 5.32 Å². The molecule has 0 saturated carbocycles. The van der Waals surface area contributed by atoms with Crippen molar-refractivity contribution in [1.29, 1.82) is 0 Å². The van der Waals surface area contributed by atoms with E-state index in [1.807, 2.05) is 18.2 Å². The van der Waals surface area contributed by atoms with Gasteiger partial charge in [-0.2, -0.15) is 0 Å². The van der Waals surface area contributed by atoms with E-state index in [1.165, 1.54) is 23.3 Å². The lowest BCUT2D eigenvalue weighted by atomic mass is 9.97. The lowest BCUT2D eigenvalue weighted by molar-refractivity contribution is 0.699. The molecule has 1 N–H and O–H groups in total. The number of nitrogens with zero attached hydrogens (tertiary/aromatic N) is 3. The number of thiophene rings is 1. The predicted octanol–water partition coefficient (Wildman–Crippen LogP) is 2.88. The summed E-state index contributed by atoms with van der Waals surface area (Å²) in [6, 6.07) is 5.79. The third-order valence-electron chi connectivity index (χ3n) is 4.35. The summed E-state index contributed by atoms with van der Waals surface area (Å²) in [6.45, 7) is 0.553. The Balaban J connectivity index is 1.73. The van der Waals surface area contributed by atoms with Gasteiger partial charge in [-0.15, -0.1) is 11.3 Å². The highest BCUT2D eigenvalue weighted by Gasteiger charge is 2.21. The van der Waals surface area contributed by atoms with Gasteiger partial charge in [0.2, 0.25) is 5.95 Å². The number of hydrogen-bond acceptors (Lipinski definition) is 5. The molecule has 0 unspecified atom stereocenters. The smallest absolute Gasteiger partial charge is 0.263 e. The number of pyridine rings is 1. The zero-order chi connectivity index (χ0) is 15.8. The number of fused-ring (bicyclic) bond motifs is 3. The molecule has 0 spiro atoms. The highest BCUT2D eigenvalue weighted by atomic mass is 32.1. The second-order valence-corrected chi connectivity index (χ2v) is 6.95. The molecule has 0 bridgehead atoms. The van der Waals surface area contributed by atoms with Gasteiger partial charge in [-0.25, -0.2) is 4.98 Å². The van der Waals surface area contributed by atoms with Crippen molar-refractivity contribution in [1.82, 2.24) is 14.5 Å². The van der Waals surface area contributed by atoms with Gasteiger partial charge in [0.25, 0.3) is 5.56 Å². The van der Waals surface area contributed by atoms with Gasteiger partial charge >= 0.3 is 0 Å². The summed E-state index contributed by atoms with van der Waals surface area (Å²) < 4.78 is 1.62. The van der Waals surface area contributed by atoms with Crippen molar-refractivity contribution in [2.45, 2.75) is 32.2 Å². The predicted molar refractivity (Wildman–Crippen MR) is 93.1 cm³/mol. The van der Waals surface area contributed by atoms with Crippen LogP contribution in [0.2, 0.25) is 0 Å². The average Bonchev–Trinajstić information content (AvgIpc) is 2.96. The quantitative estimate of drug-likeness (QED) is 0.804. The largest absolute Gasteiger partial charge is 0.350 e. The van der Waals surface area contributed by atoms with E-state index in [1.54, 1.807) is 29.1 Å². The fraction of sp³-hybridized carbons (Fsp3) is 0.353. The van der Waals surface area contributed by atoms with Crippen LogP contribution in [0.25, 0.3) is 10.2 Å². The maximum Gasteiger partial charge on any atom is 0.263 e. The molecule has 0 radical (unpaired) electrons. The summed E-state index contributed by atoms with van der Waals surface area (Å²) in [6.07, 6.45) is 6.23. The molecule has 0 fully saturated rings. The van der Waals surface area contributed by atoms with E-state index in [-0.39, 0.29) is 5.56 Å². The van der Waals surface area contributed by atoms with Crippen LogP contribution in [0, 0.1) is 0 Å². The minimum atomic E-state index is 0.0536. The van der Waals surface area contributed by atoms with Crippen molar-refractivity contribution >= 4 is 27.5 Å². The molecule has 0 saturated heterocycles. The van der Waals surface area contributed by atoms with Crippen LogP contribution >= 0.6 is 11.3 Å². The second kappa shape index (κ2) is 5.77. The lowest BCUT2D eigenvalue weighted by Gasteiger charge is -2.11. The summed E-state index contributed by atoms with van der Waals surface area (Å²) in [5.41, 5.74) is 2.21. The molecule has 3 aromatic heterocycles. The van der Waals surface area contributed by atoms with Gasteiger partial charge in [0.15, 0.2) is 0 Å². The Morgan fingerprint density at radius 2 is 2.17 bits per heavy atom. The number of anilines is 1. The molecule has 1 aliphatic carbocycles. The molecular formula is C17H18N4OS. The van der Waals surface area contributed by atoms with Crippen LogP contribution in [0.15, 0.2) is 29.2 Å². The van der Waals surface area contributed by atoms with Gasteiger partial charge < -0.3 is 5.32 Å². The highest BCUT2D eigenvalue weighted by molar-refractivity contribution is 7.18. The summed E-state index contributed by atoms with van der Waals surface area (Å²) in [4.78, 5) is 24.0. The molecule has 6 heteroatoms. The van der Waals surface area contributed by atoms with Crippen LogP contribution in [0.1, 0.15) is 29.0 Å². The number of aromatic nitrogens is 3. The molecule has 5 nitrogen and oxygen atoms in total. The van der Waals surface area contributed by atoms with Crippen molar-refractivity contribution in [3.8, 4) is 0 Å². The first-order valence-corrected chi connectivity index (χ1v) is 8.71. The Morgan fingerprint density at radius 1 is 1.30 bits per heavy atom. The first-order chi connectivity index (χ1) is 11.2. The van der Waals surface area contributed by atoms with Crippen LogP contribution in [0.4, 0.5) is 5.95 Å². The number of hydrogen-bond donors (Lipinski definition) is 1. The zero-order valence-corrected chi connectivity index (χ0v) is 13.8. The maximum atomic E-state index is 12.8. The van der Waals surface area contributed by atoms with E-state index >= 15 is 0 Å². The Labute approximate surface area is 138 Å². The van der Waals surface area contributed by atoms with Gasteiger partial charge in [-0.3, -0.25) is 14.3 Å². The Hall–Kier alpha value is -2.21. The van der Waals surface area contributed by atoms with Gasteiger partial charge in [0.1, 0.15) is 4.83 Å². The SMILES string of the molecule is Cn1c(NCc2ccccn2)nc2sc3c(c2c1=O)CCCC3. The molecule has 3 heterocycles. The molecule has 1 aliphatic rings. The van der Waals surface area contributed by atoms with Crippen molar-refractivity contribution in [3.05, 3.63) is 50.9 Å². The molecule has 23 heavy (non-hydrogen) atoms. The number of nitrogens with one attached hydrogen (secondary N) is 1. The minimum absolute atomic E-state index is 0.0536. The molecule has 3 aromatic rings. The van der Waals surface area contributed by atoms with Crippen molar-refractivity contribution in [3.63, 3.8) is 0 Å². The lowest BCUT2D eigenvalue weighted by Crippen LogP contribution is -2.22. The molecule has 118 valence electrons. The summed E-state index contributed by atoms with van der Waals surface area (Å²) in [7, 11) is 1.78. The van der Waals surface area contributed by atoms with E-state index in [0.717, 1.165) is 28.8 Å². The normalized spacial score (nSPS) is 14.0. The molecule has 4 rings (SSSR count). The Morgan fingerprint density at radius 3 is 3.00 bits per heavy atom. The maximum absolute atomic E-state index is 12.8. The molecule has 0 atom stereocenters. The fourth-order valence-electron chi connectivity index (χ4n) is 3.12. The van der Waals surface area contributed by atoms with E-state index in [9.17, 15) is 4.79 Å². The summed E-state index contributed by atoms with van der Waals surface area (Å²) >= 11 is 1.68. The molecule has 0 amide bonds. The third kappa shape index (κ3) is 2.53. The Bertz CT molecular complexity index is 914. The van der Waals surface area contributed by atoms with Crippen LogP contribution in [0.5, 0.6) is 0 Å². The topological polar surface area (TPSA) is 59.8 Å². The van der Waals surface area contributed by atoms with Gasteiger partial charge in [0.05, 0.1) is 17.6 Å². The van der Waals surface area contributed by atoms with Crippen LogP contribution in [-0.2, 0) is 26.4 Å². The van der Waals surface area contributed by atoms with E-state index in [4.69, 9.17) is 4.98 Å². The first kappa shape index (κ1) is 14.4. The first-order valence-electron chi connectivity index (χ1n) is 7.89. The number of aryl methyl sites for hydroxylation is 2. The fourth-order valence-corrected chi connectivity index (χ4v) is 4.37. The van der Waals surface area contributed by atoms with Crippen LogP contribution < -0.4 is 10.9 Å². The average molecular weight is 326 g/mol. The molecule has 0 aromatic carbocycles. The van der Waals surface area contributed by atoms with E-state index in [2.05, 4.69) is 10.3 Å². The summed E-state index contributed by atoms with van der Waals surface area (Å²) in [5, 5.41) is 4.07. The third-order valence-corrected chi connectivity index (χ3v) is 5.54. The second-order valence-electron chi connectivity index (χ2n) is 5.87. The van der Waals surface area contributed by atoms with Crippen LogP contribution in [0.3, 0.4) is 0 Å².